The number of hydrogen-bond donors (Lipinski definition) is 2. The van der Waals surface area contributed by atoms with Crippen molar-refractivity contribution in [2.75, 3.05) is 0 Å². The standard InChI is InChI=1S/C17H18Cl2N2O4S/c1-10(12-6-8-13(9-7-12)26(20,23)24)21-17(22)11(2)25-15-5-3-4-14(18)16(15)19/h3-11H,1-2H3,(H,21,22)(H2,20,23,24). The van der Waals surface area contributed by atoms with Crippen LogP contribution in [0.5, 0.6) is 5.75 Å². The Kier molecular flexibility index (Phi) is 6.52. The van der Waals surface area contributed by atoms with E-state index in [1.54, 1.807) is 44.2 Å². The molecule has 0 aliphatic carbocycles. The first-order valence-electron chi connectivity index (χ1n) is 7.63. The van der Waals surface area contributed by atoms with Gasteiger partial charge in [-0.1, -0.05) is 41.4 Å². The number of ether oxygens (including phenoxy) is 1. The second-order valence-electron chi connectivity index (χ2n) is 5.66. The zero-order valence-electron chi connectivity index (χ0n) is 14.1. The van der Waals surface area contributed by atoms with Crippen LogP contribution in [0.1, 0.15) is 25.5 Å². The van der Waals surface area contributed by atoms with Crippen molar-refractivity contribution in [2.24, 2.45) is 5.14 Å². The molecule has 2 atom stereocenters. The average Bonchev–Trinajstić information content (AvgIpc) is 2.58. The maximum absolute atomic E-state index is 12.3. The molecule has 0 aromatic heterocycles. The largest absolute Gasteiger partial charge is 0.479 e. The Balaban J connectivity index is 2.03. The van der Waals surface area contributed by atoms with E-state index in [0.717, 1.165) is 5.56 Å². The molecule has 26 heavy (non-hydrogen) atoms. The summed E-state index contributed by atoms with van der Waals surface area (Å²) in [5.74, 6) is -0.0453. The molecule has 140 valence electrons. The lowest BCUT2D eigenvalue weighted by Crippen LogP contribution is -2.37. The fourth-order valence-electron chi connectivity index (χ4n) is 2.18. The molecule has 0 aliphatic rings. The van der Waals surface area contributed by atoms with Gasteiger partial charge in [-0.25, -0.2) is 13.6 Å². The van der Waals surface area contributed by atoms with Gasteiger partial charge in [-0.05, 0) is 43.7 Å². The van der Waals surface area contributed by atoms with E-state index in [0.29, 0.717) is 10.8 Å². The average molecular weight is 417 g/mol. The Bertz CT molecular complexity index is 901. The van der Waals surface area contributed by atoms with Gasteiger partial charge in [-0.2, -0.15) is 0 Å². The molecule has 2 aromatic rings. The third-order valence-corrected chi connectivity index (χ3v) is 5.39. The molecule has 0 saturated carbocycles. The number of primary sulfonamides is 1. The van der Waals surface area contributed by atoms with Crippen molar-refractivity contribution >= 4 is 39.1 Å². The number of carbonyl (C=O) groups excluding carboxylic acids is 1. The molecular formula is C17H18Cl2N2O4S. The van der Waals surface area contributed by atoms with Crippen molar-refractivity contribution < 1.29 is 17.9 Å². The first-order chi connectivity index (χ1) is 12.1. The summed E-state index contributed by atoms with van der Waals surface area (Å²) >= 11 is 12.0. The molecule has 9 heteroatoms. The zero-order valence-corrected chi connectivity index (χ0v) is 16.4. The molecule has 1 amide bonds. The normalized spacial score (nSPS) is 13.7. The van der Waals surface area contributed by atoms with Gasteiger partial charge in [0.2, 0.25) is 10.0 Å². The number of carbonyl (C=O) groups is 1. The fourth-order valence-corrected chi connectivity index (χ4v) is 3.03. The number of sulfonamides is 1. The van der Waals surface area contributed by atoms with Crippen molar-refractivity contribution in [3.63, 3.8) is 0 Å². The van der Waals surface area contributed by atoms with E-state index >= 15 is 0 Å². The van der Waals surface area contributed by atoms with Crippen LogP contribution in [0.15, 0.2) is 47.4 Å². The van der Waals surface area contributed by atoms with Crippen LogP contribution in [0.3, 0.4) is 0 Å². The van der Waals surface area contributed by atoms with Crippen LogP contribution >= 0.6 is 23.2 Å². The Hall–Kier alpha value is -1.80. The molecule has 0 radical (unpaired) electrons. The summed E-state index contributed by atoms with van der Waals surface area (Å²) < 4.78 is 28.1. The number of hydrogen-bond acceptors (Lipinski definition) is 4. The topological polar surface area (TPSA) is 98.5 Å². The van der Waals surface area contributed by atoms with Gasteiger partial charge in [-0.15, -0.1) is 0 Å². The van der Waals surface area contributed by atoms with Gasteiger partial charge in [0, 0.05) is 0 Å². The molecule has 0 heterocycles. The van der Waals surface area contributed by atoms with Gasteiger partial charge in [-0.3, -0.25) is 4.79 Å². The van der Waals surface area contributed by atoms with Crippen LogP contribution in [-0.2, 0) is 14.8 Å². The molecular weight excluding hydrogens is 399 g/mol. The lowest BCUT2D eigenvalue weighted by atomic mass is 10.1. The van der Waals surface area contributed by atoms with Crippen LogP contribution in [-0.4, -0.2) is 20.4 Å². The van der Waals surface area contributed by atoms with Gasteiger partial charge >= 0.3 is 0 Å². The monoisotopic (exact) mass is 416 g/mol. The Morgan fingerprint density at radius 3 is 2.31 bits per heavy atom. The van der Waals surface area contributed by atoms with Crippen LogP contribution in [0.4, 0.5) is 0 Å². The molecule has 0 aliphatic heterocycles. The summed E-state index contributed by atoms with van der Waals surface area (Å²) in [5.41, 5.74) is 0.721. The number of halogens is 2. The van der Waals surface area contributed by atoms with Crippen molar-refractivity contribution in [1.29, 1.82) is 0 Å². The summed E-state index contributed by atoms with van der Waals surface area (Å²) in [5, 5.41) is 8.42. The number of amides is 1. The molecule has 0 fully saturated rings. The van der Waals surface area contributed by atoms with Crippen molar-refractivity contribution in [1.82, 2.24) is 5.32 Å². The van der Waals surface area contributed by atoms with Crippen LogP contribution in [0.25, 0.3) is 0 Å². The highest BCUT2D eigenvalue weighted by atomic mass is 35.5. The second-order valence-corrected chi connectivity index (χ2v) is 8.00. The van der Waals surface area contributed by atoms with E-state index in [2.05, 4.69) is 5.32 Å². The molecule has 3 N–H and O–H groups in total. The predicted octanol–water partition coefficient (Wildman–Crippen LogP) is 3.29. The molecule has 0 bridgehead atoms. The van der Waals surface area contributed by atoms with E-state index in [1.807, 2.05) is 0 Å². The summed E-state index contributed by atoms with van der Waals surface area (Å²) in [6.45, 7) is 3.35. The van der Waals surface area contributed by atoms with Gasteiger partial charge in [0.1, 0.15) is 10.8 Å². The highest BCUT2D eigenvalue weighted by molar-refractivity contribution is 7.89. The third kappa shape index (κ3) is 5.11. The SMILES string of the molecule is CC(Oc1cccc(Cl)c1Cl)C(=O)NC(C)c1ccc(S(N)(=O)=O)cc1. The second kappa shape index (κ2) is 8.26. The number of benzene rings is 2. The minimum absolute atomic E-state index is 0.00655. The van der Waals surface area contributed by atoms with Crippen LogP contribution in [0.2, 0.25) is 10.0 Å². The van der Waals surface area contributed by atoms with Crippen molar-refractivity contribution in [2.45, 2.75) is 30.9 Å². The molecule has 6 nitrogen and oxygen atoms in total. The smallest absolute Gasteiger partial charge is 0.261 e. The predicted molar refractivity (Wildman–Crippen MR) is 101 cm³/mol. The maximum Gasteiger partial charge on any atom is 0.261 e. The molecule has 2 aromatic carbocycles. The van der Waals surface area contributed by atoms with Gasteiger partial charge in [0.05, 0.1) is 16.0 Å². The highest BCUT2D eigenvalue weighted by Crippen LogP contribution is 2.32. The van der Waals surface area contributed by atoms with Crippen LogP contribution < -0.4 is 15.2 Å². The minimum atomic E-state index is -3.75. The summed E-state index contributed by atoms with van der Waals surface area (Å²) in [7, 11) is -3.75. The van der Waals surface area contributed by atoms with E-state index in [-0.39, 0.29) is 21.9 Å². The quantitative estimate of drug-likeness (QED) is 0.754. The number of nitrogens with two attached hydrogens (primary N) is 1. The zero-order chi connectivity index (χ0) is 19.5. The van der Waals surface area contributed by atoms with Crippen LogP contribution in [0, 0.1) is 0 Å². The summed E-state index contributed by atoms with van der Waals surface area (Å²) in [6.07, 6.45) is -0.808. The fraction of sp³-hybridized carbons (Fsp3) is 0.235. The lowest BCUT2D eigenvalue weighted by molar-refractivity contribution is -0.127. The van der Waals surface area contributed by atoms with E-state index < -0.39 is 16.1 Å². The Morgan fingerprint density at radius 1 is 1.12 bits per heavy atom. The van der Waals surface area contributed by atoms with E-state index in [4.69, 9.17) is 33.1 Å². The number of rotatable bonds is 6. The molecule has 0 saturated heterocycles. The molecule has 2 unspecified atom stereocenters. The van der Waals surface area contributed by atoms with Gasteiger partial charge in [0.25, 0.3) is 5.91 Å². The van der Waals surface area contributed by atoms with Gasteiger partial charge < -0.3 is 10.1 Å². The van der Waals surface area contributed by atoms with E-state index in [9.17, 15) is 13.2 Å². The third-order valence-electron chi connectivity index (χ3n) is 3.66. The van der Waals surface area contributed by atoms with Crippen molar-refractivity contribution in [3.8, 4) is 5.75 Å². The number of nitrogens with one attached hydrogen (secondary N) is 1. The molecule has 0 spiro atoms. The maximum atomic E-state index is 12.3. The van der Waals surface area contributed by atoms with Gasteiger partial charge in [0.15, 0.2) is 6.10 Å². The Morgan fingerprint density at radius 2 is 1.73 bits per heavy atom. The van der Waals surface area contributed by atoms with Crippen molar-refractivity contribution in [3.05, 3.63) is 58.1 Å². The lowest BCUT2D eigenvalue weighted by Gasteiger charge is -2.20. The Labute approximate surface area is 162 Å². The first kappa shape index (κ1) is 20.5. The van der Waals surface area contributed by atoms with E-state index in [1.165, 1.54) is 12.1 Å². The first-order valence-corrected chi connectivity index (χ1v) is 9.93. The molecule has 2 rings (SSSR count). The highest BCUT2D eigenvalue weighted by Gasteiger charge is 2.19. The summed E-state index contributed by atoms with van der Waals surface area (Å²) in [6, 6.07) is 10.5. The summed E-state index contributed by atoms with van der Waals surface area (Å²) in [4.78, 5) is 12.3. The minimum Gasteiger partial charge on any atom is -0.479 e.